The van der Waals surface area contributed by atoms with Crippen LogP contribution in [0.15, 0.2) is 30.3 Å². The van der Waals surface area contributed by atoms with Gasteiger partial charge in [0.25, 0.3) is 0 Å². The molecule has 2 aromatic rings. The molecule has 0 atom stereocenters. The minimum atomic E-state index is 0. The molecule has 0 spiro atoms. The molecule has 0 fully saturated rings. The average molecular weight is 221 g/mol. The molecule has 0 unspecified atom stereocenters. The fourth-order valence-electron chi connectivity index (χ4n) is 2.37. The third kappa shape index (κ3) is 1.37. The van der Waals surface area contributed by atoms with Crippen LogP contribution in [0.3, 0.4) is 0 Å². The van der Waals surface area contributed by atoms with Crippen LogP contribution in [0.2, 0.25) is 0 Å². The molecule has 0 heterocycles. The molecular weight excluding hydrogens is 208 g/mol. The van der Waals surface area contributed by atoms with E-state index in [0.29, 0.717) is 0 Å². The molecule has 15 heavy (non-hydrogen) atoms. The van der Waals surface area contributed by atoms with Gasteiger partial charge in [-0.2, -0.15) is 0 Å². The first kappa shape index (κ1) is 10.3. The number of nitrogens with one attached hydrogen (secondary N) is 1. The monoisotopic (exact) mass is 220 g/mol. The van der Waals surface area contributed by atoms with Gasteiger partial charge in [-0.25, -0.2) is 0 Å². The van der Waals surface area contributed by atoms with Gasteiger partial charge in [-0.3, -0.25) is 5.84 Å². The van der Waals surface area contributed by atoms with Crippen molar-refractivity contribution in [3.63, 3.8) is 0 Å². The number of hydrazine groups is 1. The van der Waals surface area contributed by atoms with Gasteiger partial charge >= 0.3 is 0 Å². The lowest BCUT2D eigenvalue weighted by Crippen LogP contribution is -2.07. The lowest BCUT2D eigenvalue weighted by molar-refractivity contribution is 1.02. The van der Waals surface area contributed by atoms with Crippen LogP contribution < -0.4 is 11.3 Å². The van der Waals surface area contributed by atoms with Gasteiger partial charge in [-0.1, -0.05) is 24.3 Å². The van der Waals surface area contributed by atoms with Crippen LogP contribution in [0, 0.1) is 0 Å². The van der Waals surface area contributed by atoms with Crippen molar-refractivity contribution in [2.45, 2.75) is 12.8 Å². The topological polar surface area (TPSA) is 38.0 Å². The Labute approximate surface area is 94.9 Å². The Kier molecular flexibility index (Phi) is 2.55. The molecule has 78 valence electrons. The fraction of sp³-hybridized carbons (Fsp3) is 0.167. The van der Waals surface area contributed by atoms with Gasteiger partial charge in [0.15, 0.2) is 0 Å². The van der Waals surface area contributed by atoms with E-state index in [1.165, 1.54) is 34.7 Å². The van der Waals surface area contributed by atoms with Crippen molar-refractivity contribution in [1.82, 2.24) is 0 Å². The summed E-state index contributed by atoms with van der Waals surface area (Å²) < 4.78 is 0. The Morgan fingerprint density at radius 1 is 1.00 bits per heavy atom. The number of nitrogen functional groups attached to an aromatic ring is 1. The van der Waals surface area contributed by atoms with Crippen molar-refractivity contribution >= 4 is 28.9 Å². The van der Waals surface area contributed by atoms with Crippen LogP contribution in [0.25, 0.3) is 10.8 Å². The van der Waals surface area contributed by atoms with E-state index in [0.717, 1.165) is 5.69 Å². The summed E-state index contributed by atoms with van der Waals surface area (Å²) in [4.78, 5) is 0. The van der Waals surface area contributed by atoms with Gasteiger partial charge in [0.1, 0.15) is 0 Å². The number of aryl methyl sites for hydroxylation is 2. The highest BCUT2D eigenvalue weighted by Gasteiger charge is 2.14. The minimum absolute atomic E-state index is 0. The quantitative estimate of drug-likeness (QED) is 0.573. The number of benzene rings is 2. The summed E-state index contributed by atoms with van der Waals surface area (Å²) in [6.45, 7) is 0. The van der Waals surface area contributed by atoms with Gasteiger partial charge in [0, 0.05) is 5.39 Å². The minimum Gasteiger partial charge on any atom is -0.324 e. The number of rotatable bonds is 1. The van der Waals surface area contributed by atoms with Crippen molar-refractivity contribution in [1.29, 1.82) is 0 Å². The summed E-state index contributed by atoms with van der Waals surface area (Å²) in [6, 6.07) is 10.7. The molecule has 3 heteroatoms. The van der Waals surface area contributed by atoms with Crippen LogP contribution >= 0.6 is 12.4 Å². The third-order valence-electron chi connectivity index (χ3n) is 3.03. The molecular formula is C12H13ClN2. The first-order chi connectivity index (χ1) is 6.90. The van der Waals surface area contributed by atoms with Crippen LogP contribution in [0.5, 0.6) is 0 Å². The molecule has 0 saturated carbocycles. The van der Waals surface area contributed by atoms with Gasteiger partial charge in [0.05, 0.1) is 5.69 Å². The van der Waals surface area contributed by atoms with E-state index in [-0.39, 0.29) is 12.4 Å². The van der Waals surface area contributed by atoms with E-state index in [9.17, 15) is 0 Å². The highest BCUT2D eigenvalue weighted by Crippen LogP contribution is 2.34. The summed E-state index contributed by atoms with van der Waals surface area (Å²) >= 11 is 0. The predicted octanol–water partition coefficient (Wildman–Crippen LogP) is 2.65. The van der Waals surface area contributed by atoms with Crippen LogP contribution in [-0.4, -0.2) is 0 Å². The Balaban J connectivity index is 0.000000853. The van der Waals surface area contributed by atoms with E-state index < -0.39 is 0 Å². The Morgan fingerprint density at radius 3 is 2.47 bits per heavy atom. The molecule has 2 aromatic carbocycles. The molecule has 0 amide bonds. The van der Waals surface area contributed by atoms with E-state index in [1.54, 1.807) is 0 Å². The molecule has 2 nitrogen and oxygen atoms in total. The summed E-state index contributed by atoms with van der Waals surface area (Å²) in [6.07, 6.45) is 2.33. The maximum absolute atomic E-state index is 5.49. The fourth-order valence-corrected chi connectivity index (χ4v) is 2.37. The Morgan fingerprint density at radius 2 is 1.73 bits per heavy atom. The zero-order chi connectivity index (χ0) is 9.54. The molecule has 3 N–H and O–H groups in total. The van der Waals surface area contributed by atoms with Gasteiger partial charge in [-0.05, 0) is 35.4 Å². The summed E-state index contributed by atoms with van der Waals surface area (Å²) in [7, 11) is 0. The van der Waals surface area contributed by atoms with Crippen molar-refractivity contribution in [2.75, 3.05) is 5.43 Å². The molecule has 0 aromatic heterocycles. The molecule has 0 saturated heterocycles. The van der Waals surface area contributed by atoms with Crippen LogP contribution in [0.1, 0.15) is 11.1 Å². The zero-order valence-electron chi connectivity index (χ0n) is 8.29. The molecule has 0 bridgehead atoms. The van der Waals surface area contributed by atoms with Crippen molar-refractivity contribution in [2.24, 2.45) is 5.84 Å². The third-order valence-corrected chi connectivity index (χ3v) is 3.03. The lowest BCUT2D eigenvalue weighted by Gasteiger charge is -2.07. The van der Waals surface area contributed by atoms with E-state index in [4.69, 9.17) is 5.84 Å². The smallest absolute Gasteiger partial charge is 0.0563 e. The average Bonchev–Trinajstić information content (AvgIpc) is 2.65. The number of anilines is 1. The zero-order valence-corrected chi connectivity index (χ0v) is 9.10. The second-order valence-electron chi connectivity index (χ2n) is 3.76. The van der Waals surface area contributed by atoms with Gasteiger partial charge in [0.2, 0.25) is 0 Å². The van der Waals surface area contributed by atoms with Gasteiger partial charge in [-0.15, -0.1) is 12.4 Å². The number of nitrogens with two attached hydrogens (primary N) is 1. The van der Waals surface area contributed by atoms with Crippen molar-refractivity contribution in [3.05, 3.63) is 41.5 Å². The maximum Gasteiger partial charge on any atom is 0.0563 e. The first-order valence-corrected chi connectivity index (χ1v) is 4.90. The molecule has 0 aliphatic heterocycles. The lowest BCUT2D eigenvalue weighted by atomic mass is 10.0. The Bertz CT molecular complexity index is 498. The number of hydrogen-bond acceptors (Lipinski definition) is 2. The van der Waals surface area contributed by atoms with Crippen LogP contribution in [-0.2, 0) is 12.8 Å². The van der Waals surface area contributed by atoms with Crippen molar-refractivity contribution in [3.8, 4) is 0 Å². The second kappa shape index (κ2) is 3.72. The molecule has 1 aliphatic carbocycles. The summed E-state index contributed by atoms with van der Waals surface area (Å²) in [5.74, 6) is 5.49. The largest absolute Gasteiger partial charge is 0.324 e. The predicted molar refractivity (Wildman–Crippen MR) is 66.4 cm³/mol. The first-order valence-electron chi connectivity index (χ1n) is 4.90. The molecule has 0 radical (unpaired) electrons. The van der Waals surface area contributed by atoms with E-state index >= 15 is 0 Å². The SMILES string of the molecule is Cl.NNc1ccc2c3c(cccc13)CC2. The van der Waals surface area contributed by atoms with Crippen LogP contribution in [0.4, 0.5) is 5.69 Å². The number of hydrogen-bond donors (Lipinski definition) is 2. The highest BCUT2D eigenvalue weighted by atomic mass is 35.5. The van der Waals surface area contributed by atoms with E-state index in [2.05, 4.69) is 35.8 Å². The highest BCUT2D eigenvalue weighted by molar-refractivity contribution is 5.99. The maximum atomic E-state index is 5.49. The van der Waals surface area contributed by atoms with Gasteiger partial charge < -0.3 is 5.43 Å². The summed E-state index contributed by atoms with van der Waals surface area (Å²) in [5, 5.41) is 2.66. The molecule has 3 rings (SSSR count). The van der Waals surface area contributed by atoms with Crippen molar-refractivity contribution < 1.29 is 0 Å². The Hall–Kier alpha value is -1.25. The summed E-state index contributed by atoms with van der Waals surface area (Å²) in [5.41, 5.74) is 6.68. The second-order valence-corrected chi connectivity index (χ2v) is 3.76. The number of halogens is 1. The van der Waals surface area contributed by atoms with E-state index in [1.807, 2.05) is 0 Å². The normalized spacial score (nSPS) is 12.6. The molecule has 1 aliphatic rings. The standard InChI is InChI=1S/C12H12N2.ClH/c13-14-11-7-6-9-5-4-8-2-1-3-10(11)12(8)9;/h1-3,6-7,14H,4-5,13H2;1H.